The van der Waals surface area contributed by atoms with Crippen LogP contribution in [0.5, 0.6) is 0 Å². The highest BCUT2D eigenvalue weighted by molar-refractivity contribution is 9.12. The van der Waals surface area contributed by atoms with Crippen LogP contribution in [-0.2, 0) is 0 Å². The van der Waals surface area contributed by atoms with E-state index in [1.165, 1.54) is 0 Å². The van der Waals surface area contributed by atoms with Crippen LogP contribution in [-0.4, -0.2) is 0 Å². The van der Waals surface area contributed by atoms with E-state index in [9.17, 15) is 4.39 Å². The molecule has 0 aromatic heterocycles. The van der Waals surface area contributed by atoms with E-state index in [4.69, 9.17) is 0 Å². The summed E-state index contributed by atoms with van der Waals surface area (Å²) in [5.41, 5.74) is 1.81. The Hall–Kier alpha value is -0.370. The molecule has 1 aliphatic carbocycles. The zero-order valence-electron chi connectivity index (χ0n) is 6.62. The van der Waals surface area contributed by atoms with Crippen molar-refractivity contribution in [1.29, 1.82) is 0 Å². The van der Waals surface area contributed by atoms with Crippen LogP contribution in [0.25, 0.3) is 0 Å². The minimum absolute atomic E-state index is 0.0509. The lowest BCUT2D eigenvalue weighted by atomic mass is 10.2. The zero-order chi connectivity index (χ0) is 8.43. The molecule has 11 heavy (non-hydrogen) atoms. The third-order valence-corrected chi connectivity index (χ3v) is 2.55. The van der Waals surface area contributed by atoms with E-state index in [1.807, 2.05) is 19.1 Å². The van der Waals surface area contributed by atoms with Crippen molar-refractivity contribution in [1.82, 2.24) is 0 Å². The van der Waals surface area contributed by atoms with Crippen LogP contribution in [0.3, 0.4) is 0 Å². The Morgan fingerprint density at radius 1 is 1.45 bits per heavy atom. The molecule has 0 spiro atoms. The second kappa shape index (κ2) is 3.35. The van der Waals surface area contributed by atoms with Gasteiger partial charge in [0.15, 0.2) is 0 Å². The molecule has 1 aliphatic rings. The van der Waals surface area contributed by atoms with Gasteiger partial charge in [-0.25, -0.2) is 4.39 Å². The summed E-state index contributed by atoms with van der Waals surface area (Å²) in [6.45, 7) is 3.75. The van der Waals surface area contributed by atoms with Gasteiger partial charge < -0.3 is 0 Å². The topological polar surface area (TPSA) is 0 Å². The summed E-state index contributed by atoms with van der Waals surface area (Å²) < 4.78 is 13.9. The summed E-state index contributed by atoms with van der Waals surface area (Å²) in [7, 11) is 0. The van der Waals surface area contributed by atoms with Gasteiger partial charge in [0.2, 0.25) is 0 Å². The van der Waals surface area contributed by atoms with Gasteiger partial charge in [0.25, 0.3) is 0 Å². The SMILES string of the molecule is CC1=CCC(F)=C(C)C(Br)=C1. The van der Waals surface area contributed by atoms with E-state index in [2.05, 4.69) is 15.9 Å². The first-order valence-corrected chi connectivity index (χ1v) is 4.30. The number of hydrogen-bond acceptors (Lipinski definition) is 0. The molecule has 60 valence electrons. The second-order valence-corrected chi connectivity index (χ2v) is 3.53. The predicted molar refractivity (Wildman–Crippen MR) is 49.2 cm³/mol. The van der Waals surface area contributed by atoms with Gasteiger partial charge in [0.05, 0.1) is 0 Å². The van der Waals surface area contributed by atoms with E-state index in [0.717, 1.165) is 10.1 Å². The van der Waals surface area contributed by atoms with E-state index < -0.39 is 0 Å². The van der Waals surface area contributed by atoms with Gasteiger partial charge in [0, 0.05) is 10.9 Å². The Balaban J connectivity index is 3.05. The van der Waals surface area contributed by atoms with Gasteiger partial charge in [-0.2, -0.15) is 0 Å². The van der Waals surface area contributed by atoms with Crippen molar-refractivity contribution < 1.29 is 4.39 Å². The molecule has 0 fully saturated rings. The van der Waals surface area contributed by atoms with Crippen LogP contribution in [0.15, 0.2) is 33.6 Å². The van der Waals surface area contributed by atoms with Gasteiger partial charge in [-0.15, -0.1) is 0 Å². The fourth-order valence-corrected chi connectivity index (χ4v) is 1.48. The number of hydrogen-bond donors (Lipinski definition) is 0. The molecule has 0 saturated carbocycles. The first kappa shape index (κ1) is 8.72. The summed E-state index contributed by atoms with van der Waals surface area (Å²) in [5, 5.41) is 0. The number of halogens is 2. The third-order valence-electron chi connectivity index (χ3n) is 1.72. The maximum atomic E-state index is 13.0. The molecule has 0 atom stereocenters. The minimum atomic E-state index is -0.0509. The van der Waals surface area contributed by atoms with E-state index in [-0.39, 0.29) is 5.83 Å². The quantitative estimate of drug-likeness (QED) is 0.577. The van der Waals surface area contributed by atoms with Crippen molar-refractivity contribution in [3.63, 3.8) is 0 Å². The van der Waals surface area contributed by atoms with Crippen molar-refractivity contribution in [3.8, 4) is 0 Å². The molecule has 1 rings (SSSR count). The van der Waals surface area contributed by atoms with Crippen molar-refractivity contribution in [3.05, 3.63) is 33.6 Å². The lowest BCUT2D eigenvalue weighted by Gasteiger charge is -1.97. The van der Waals surface area contributed by atoms with Crippen LogP contribution < -0.4 is 0 Å². The van der Waals surface area contributed by atoms with Crippen LogP contribution in [0, 0.1) is 0 Å². The van der Waals surface area contributed by atoms with Gasteiger partial charge in [-0.05, 0) is 25.5 Å². The smallest absolute Gasteiger partial charge is 0.108 e. The zero-order valence-corrected chi connectivity index (χ0v) is 8.20. The van der Waals surface area contributed by atoms with E-state index in [0.29, 0.717) is 12.0 Å². The summed E-state index contributed by atoms with van der Waals surface area (Å²) >= 11 is 3.31. The molecule has 0 radical (unpaired) electrons. The van der Waals surface area contributed by atoms with E-state index in [1.54, 1.807) is 6.92 Å². The monoisotopic (exact) mass is 216 g/mol. The van der Waals surface area contributed by atoms with Gasteiger partial charge in [-0.1, -0.05) is 27.6 Å². The first-order valence-electron chi connectivity index (χ1n) is 3.51. The van der Waals surface area contributed by atoms with E-state index >= 15 is 0 Å². The fourth-order valence-electron chi connectivity index (χ4n) is 0.900. The Bertz CT molecular complexity index is 259. The predicted octanol–water partition coefficient (Wildman–Crippen LogP) is 3.86. The normalized spacial score (nSPS) is 19.3. The molecule has 0 unspecified atom stereocenters. The van der Waals surface area contributed by atoms with Crippen LogP contribution in [0.2, 0.25) is 0 Å². The first-order chi connectivity index (χ1) is 5.11. The minimum Gasteiger partial charge on any atom is -0.211 e. The lowest BCUT2D eigenvalue weighted by Crippen LogP contribution is -1.78. The maximum Gasteiger partial charge on any atom is 0.108 e. The highest BCUT2D eigenvalue weighted by atomic mass is 79.9. The summed E-state index contributed by atoms with van der Waals surface area (Å²) in [6, 6.07) is 0. The molecule has 0 saturated heterocycles. The summed E-state index contributed by atoms with van der Waals surface area (Å²) in [5.74, 6) is -0.0509. The highest BCUT2D eigenvalue weighted by Crippen LogP contribution is 2.27. The maximum absolute atomic E-state index is 13.0. The summed E-state index contributed by atoms with van der Waals surface area (Å²) in [6.07, 6.45) is 4.23. The molecule has 0 aliphatic heterocycles. The number of rotatable bonds is 0. The third kappa shape index (κ3) is 2.03. The fraction of sp³-hybridized carbons (Fsp3) is 0.333. The summed E-state index contributed by atoms with van der Waals surface area (Å²) in [4.78, 5) is 0. The standard InChI is InChI=1S/C9H10BrF/c1-6-3-4-9(11)7(2)8(10)5-6/h3,5H,4H2,1-2H3. The number of allylic oxidation sites excluding steroid dienone is 6. The van der Waals surface area contributed by atoms with Gasteiger partial charge >= 0.3 is 0 Å². The molecule has 0 aromatic carbocycles. The van der Waals surface area contributed by atoms with Gasteiger partial charge in [0.1, 0.15) is 5.83 Å². The molecule has 2 heteroatoms. The average molecular weight is 217 g/mol. The molecule has 0 amide bonds. The largest absolute Gasteiger partial charge is 0.211 e. The molecule has 0 nitrogen and oxygen atoms in total. The molecular weight excluding hydrogens is 207 g/mol. The van der Waals surface area contributed by atoms with Gasteiger partial charge in [-0.3, -0.25) is 0 Å². The van der Waals surface area contributed by atoms with Crippen molar-refractivity contribution in [2.24, 2.45) is 0 Å². The van der Waals surface area contributed by atoms with Crippen molar-refractivity contribution in [2.75, 3.05) is 0 Å². The Morgan fingerprint density at radius 2 is 2.09 bits per heavy atom. The molecule has 0 bridgehead atoms. The second-order valence-electron chi connectivity index (χ2n) is 2.67. The highest BCUT2D eigenvalue weighted by Gasteiger charge is 2.06. The average Bonchev–Trinajstić information content (AvgIpc) is 2.05. The van der Waals surface area contributed by atoms with Crippen LogP contribution in [0.1, 0.15) is 20.3 Å². The Morgan fingerprint density at radius 3 is 2.73 bits per heavy atom. The Kier molecular flexibility index (Phi) is 2.66. The molecule has 0 aromatic rings. The molecule has 0 heterocycles. The van der Waals surface area contributed by atoms with Crippen LogP contribution >= 0.6 is 15.9 Å². The van der Waals surface area contributed by atoms with Crippen molar-refractivity contribution in [2.45, 2.75) is 20.3 Å². The Labute approximate surface area is 74.6 Å². The molecule has 0 N–H and O–H groups in total. The van der Waals surface area contributed by atoms with Crippen molar-refractivity contribution >= 4 is 15.9 Å². The lowest BCUT2D eigenvalue weighted by molar-refractivity contribution is 0.609. The molecular formula is C9H10BrF. The van der Waals surface area contributed by atoms with Crippen LogP contribution in [0.4, 0.5) is 4.39 Å².